The molecule has 0 bridgehead atoms. The van der Waals surface area contributed by atoms with Crippen LogP contribution in [0, 0.1) is 10.1 Å². The van der Waals surface area contributed by atoms with Crippen LogP contribution >= 0.6 is 0 Å². The lowest BCUT2D eigenvalue weighted by molar-refractivity contribution is -0.384. The zero-order valence-corrected chi connectivity index (χ0v) is 17.5. The number of rotatable bonds is 5. The van der Waals surface area contributed by atoms with Crippen molar-refractivity contribution in [2.75, 3.05) is 42.9 Å². The van der Waals surface area contributed by atoms with E-state index in [1.54, 1.807) is 12.1 Å². The van der Waals surface area contributed by atoms with Gasteiger partial charge in [-0.1, -0.05) is 0 Å². The lowest BCUT2D eigenvalue weighted by Crippen LogP contribution is -2.48. The first-order valence-electron chi connectivity index (χ1n) is 10.1. The molecule has 9 heteroatoms. The zero-order chi connectivity index (χ0) is 21.1. The molecule has 1 aromatic rings. The average Bonchev–Trinajstić information content (AvgIpc) is 2.59. The number of hydrogen-bond donors (Lipinski definition) is 1. The van der Waals surface area contributed by atoms with Gasteiger partial charge in [0.1, 0.15) is 5.69 Å². The number of morpholine rings is 2. The van der Waals surface area contributed by atoms with Gasteiger partial charge in [0.15, 0.2) is 0 Å². The summed E-state index contributed by atoms with van der Waals surface area (Å²) < 4.78 is 11.4. The number of carbonyl (C=O) groups excluding carboxylic acids is 1. The largest absolute Gasteiger partial charge is 0.373 e. The summed E-state index contributed by atoms with van der Waals surface area (Å²) in [5, 5.41) is 14.5. The Morgan fingerprint density at radius 2 is 1.62 bits per heavy atom. The summed E-state index contributed by atoms with van der Waals surface area (Å²) in [7, 11) is 0. The van der Waals surface area contributed by atoms with Gasteiger partial charge in [-0.3, -0.25) is 19.8 Å². The van der Waals surface area contributed by atoms with Gasteiger partial charge in [0, 0.05) is 37.9 Å². The van der Waals surface area contributed by atoms with Crippen molar-refractivity contribution < 1.29 is 19.2 Å². The fourth-order valence-corrected chi connectivity index (χ4v) is 4.21. The molecule has 9 nitrogen and oxygen atoms in total. The Morgan fingerprint density at radius 3 is 2.17 bits per heavy atom. The molecule has 0 aliphatic carbocycles. The smallest absolute Gasteiger partial charge is 0.294 e. The lowest BCUT2D eigenvalue weighted by Gasteiger charge is -2.36. The van der Waals surface area contributed by atoms with Crippen molar-refractivity contribution in [2.24, 2.45) is 0 Å². The van der Waals surface area contributed by atoms with E-state index in [1.165, 1.54) is 6.07 Å². The molecular formula is C20H30N4O5. The van der Waals surface area contributed by atoms with Crippen LogP contribution in [-0.2, 0) is 14.3 Å². The molecule has 2 fully saturated rings. The van der Waals surface area contributed by atoms with Gasteiger partial charge < -0.3 is 19.7 Å². The summed E-state index contributed by atoms with van der Waals surface area (Å²) >= 11 is 0. The summed E-state index contributed by atoms with van der Waals surface area (Å²) in [5.41, 5.74) is 0.956. The van der Waals surface area contributed by atoms with Crippen LogP contribution < -0.4 is 10.2 Å². The Kier molecular flexibility index (Phi) is 6.71. The number of hydrogen-bond acceptors (Lipinski definition) is 7. The maximum atomic E-state index is 12.5. The van der Waals surface area contributed by atoms with Gasteiger partial charge in [-0.05, 0) is 39.8 Å². The Morgan fingerprint density at radius 1 is 1.07 bits per heavy atom. The summed E-state index contributed by atoms with van der Waals surface area (Å²) in [4.78, 5) is 27.7. The van der Waals surface area contributed by atoms with Crippen LogP contribution in [0.3, 0.4) is 0 Å². The maximum absolute atomic E-state index is 12.5. The van der Waals surface area contributed by atoms with Gasteiger partial charge in [-0.25, -0.2) is 0 Å². The molecule has 29 heavy (non-hydrogen) atoms. The molecule has 0 spiro atoms. The molecule has 0 saturated carbocycles. The Hall–Kier alpha value is -2.23. The normalized spacial score (nSPS) is 28.2. The fraction of sp³-hybridized carbons (Fsp3) is 0.650. The standard InChI is InChI=1S/C20H30N4O5/c1-13-8-22(9-14(2)28-13)12-20(25)21-17-5-6-18(19(7-17)24(26)27)23-10-15(3)29-16(4)11-23/h5-7,13-16H,8-12H2,1-4H3,(H,21,25)/t13-,14-,15+,16+/m1/s1. The lowest BCUT2D eigenvalue weighted by atomic mass is 10.1. The van der Waals surface area contributed by atoms with E-state index in [2.05, 4.69) is 5.32 Å². The SMILES string of the molecule is C[C@@H]1CN(CC(=O)Nc2ccc(N3C[C@H](C)O[C@@H](C)C3)c([N+](=O)[O-])c2)C[C@@H](C)O1. The van der Waals surface area contributed by atoms with Gasteiger partial charge >= 0.3 is 0 Å². The molecule has 2 aliphatic rings. The number of amides is 1. The summed E-state index contributed by atoms with van der Waals surface area (Å²) in [6.07, 6.45) is 0.141. The minimum Gasteiger partial charge on any atom is -0.373 e. The van der Waals surface area contributed by atoms with Gasteiger partial charge in [0.25, 0.3) is 5.69 Å². The van der Waals surface area contributed by atoms with E-state index in [0.29, 0.717) is 37.6 Å². The highest BCUT2D eigenvalue weighted by atomic mass is 16.6. The van der Waals surface area contributed by atoms with E-state index >= 15 is 0 Å². The second-order valence-corrected chi connectivity index (χ2v) is 8.12. The van der Waals surface area contributed by atoms with Crippen LogP contribution in [0.25, 0.3) is 0 Å². The van der Waals surface area contributed by atoms with Crippen molar-refractivity contribution in [1.29, 1.82) is 0 Å². The third-order valence-corrected chi connectivity index (χ3v) is 5.08. The van der Waals surface area contributed by atoms with E-state index in [0.717, 1.165) is 0 Å². The van der Waals surface area contributed by atoms with Crippen LogP contribution in [0.4, 0.5) is 17.1 Å². The van der Waals surface area contributed by atoms with Gasteiger partial charge in [-0.15, -0.1) is 0 Å². The predicted molar refractivity (Wildman–Crippen MR) is 110 cm³/mol. The van der Waals surface area contributed by atoms with Crippen molar-refractivity contribution >= 4 is 23.0 Å². The van der Waals surface area contributed by atoms with Crippen LogP contribution in [0.1, 0.15) is 27.7 Å². The third-order valence-electron chi connectivity index (χ3n) is 5.08. The molecular weight excluding hydrogens is 376 g/mol. The first kappa shape index (κ1) is 21.5. The van der Waals surface area contributed by atoms with Crippen LogP contribution in [0.5, 0.6) is 0 Å². The minimum atomic E-state index is -0.402. The van der Waals surface area contributed by atoms with Crippen molar-refractivity contribution in [1.82, 2.24) is 4.90 Å². The van der Waals surface area contributed by atoms with E-state index in [4.69, 9.17) is 9.47 Å². The monoisotopic (exact) mass is 406 g/mol. The molecule has 1 N–H and O–H groups in total. The highest BCUT2D eigenvalue weighted by Gasteiger charge is 2.28. The second kappa shape index (κ2) is 9.06. The molecule has 2 saturated heterocycles. The number of nitrogens with one attached hydrogen (secondary N) is 1. The Bertz CT molecular complexity index is 738. The maximum Gasteiger partial charge on any atom is 0.294 e. The van der Waals surface area contributed by atoms with Crippen molar-refractivity contribution in [3.63, 3.8) is 0 Å². The fourth-order valence-electron chi connectivity index (χ4n) is 4.21. The zero-order valence-electron chi connectivity index (χ0n) is 17.5. The first-order valence-corrected chi connectivity index (χ1v) is 10.1. The Labute approximate surface area is 171 Å². The average molecular weight is 406 g/mol. The number of carbonyl (C=O) groups is 1. The molecule has 1 amide bonds. The quantitative estimate of drug-likeness (QED) is 0.592. The van der Waals surface area contributed by atoms with Crippen LogP contribution in [0.2, 0.25) is 0 Å². The number of benzene rings is 1. The summed E-state index contributed by atoms with van der Waals surface area (Å²) in [6.45, 7) is 10.6. The van der Waals surface area contributed by atoms with Crippen LogP contribution in [-0.4, -0.2) is 72.9 Å². The highest BCUT2D eigenvalue weighted by Crippen LogP contribution is 2.33. The van der Waals surface area contributed by atoms with Crippen molar-refractivity contribution in [3.8, 4) is 0 Å². The first-order chi connectivity index (χ1) is 13.7. The minimum absolute atomic E-state index is 0.00367. The van der Waals surface area contributed by atoms with E-state index < -0.39 is 4.92 Å². The highest BCUT2D eigenvalue weighted by molar-refractivity contribution is 5.93. The van der Waals surface area contributed by atoms with Gasteiger partial charge in [-0.2, -0.15) is 0 Å². The molecule has 0 radical (unpaired) electrons. The molecule has 0 aromatic heterocycles. The summed E-state index contributed by atoms with van der Waals surface area (Å²) in [6, 6.07) is 4.86. The topological polar surface area (TPSA) is 97.2 Å². The molecule has 0 unspecified atom stereocenters. The molecule has 160 valence electrons. The van der Waals surface area contributed by atoms with Crippen molar-refractivity contribution in [2.45, 2.75) is 52.1 Å². The van der Waals surface area contributed by atoms with Gasteiger partial charge in [0.2, 0.25) is 5.91 Å². The molecule has 2 heterocycles. The number of nitrogens with zero attached hydrogens (tertiary/aromatic N) is 3. The summed E-state index contributed by atoms with van der Waals surface area (Å²) in [5.74, 6) is -0.193. The number of nitro benzene ring substituents is 1. The molecule has 2 aliphatic heterocycles. The molecule has 4 atom stereocenters. The van der Waals surface area contributed by atoms with Crippen molar-refractivity contribution in [3.05, 3.63) is 28.3 Å². The predicted octanol–water partition coefficient (Wildman–Crippen LogP) is 2.26. The van der Waals surface area contributed by atoms with E-state index in [-0.39, 0.29) is 42.6 Å². The molecule has 1 aromatic carbocycles. The Balaban J connectivity index is 1.69. The number of ether oxygens (including phenoxy) is 2. The second-order valence-electron chi connectivity index (χ2n) is 8.12. The number of anilines is 2. The number of nitro groups is 1. The molecule has 3 rings (SSSR count). The van der Waals surface area contributed by atoms with E-state index in [1.807, 2.05) is 37.5 Å². The van der Waals surface area contributed by atoms with E-state index in [9.17, 15) is 14.9 Å². The van der Waals surface area contributed by atoms with Crippen LogP contribution in [0.15, 0.2) is 18.2 Å². The van der Waals surface area contributed by atoms with Gasteiger partial charge in [0.05, 0.1) is 35.9 Å². The third kappa shape index (κ3) is 5.65.